The zero-order valence-corrected chi connectivity index (χ0v) is 17.2. The first-order valence-corrected chi connectivity index (χ1v) is 10.9. The zero-order chi connectivity index (χ0) is 20.3. The van der Waals surface area contributed by atoms with E-state index in [1.807, 2.05) is 19.1 Å². The Morgan fingerprint density at radius 3 is 2.76 bits per heavy atom. The molecule has 0 amide bonds. The topological polar surface area (TPSA) is 49.8 Å². The maximum atomic E-state index is 12.3. The first kappa shape index (κ1) is 20.0. The van der Waals surface area contributed by atoms with Crippen LogP contribution in [0.3, 0.4) is 0 Å². The maximum absolute atomic E-state index is 12.3. The van der Waals surface area contributed by atoms with Crippen LogP contribution in [0.15, 0.2) is 54.6 Å². The van der Waals surface area contributed by atoms with Crippen LogP contribution in [0.1, 0.15) is 50.2 Å². The van der Waals surface area contributed by atoms with Gasteiger partial charge < -0.3 is 9.84 Å². The summed E-state index contributed by atoms with van der Waals surface area (Å²) in [7, 11) is 0. The number of nitrogens with zero attached hydrogens (tertiary/aromatic N) is 1. The molecule has 154 valence electrons. The lowest BCUT2D eigenvalue weighted by Gasteiger charge is -2.55. The molecular formula is C25H31NO3. The van der Waals surface area contributed by atoms with Gasteiger partial charge in [0.1, 0.15) is 11.9 Å². The smallest absolute Gasteiger partial charge is 0.305 e. The molecule has 2 bridgehead atoms. The number of hydrogen-bond donors (Lipinski definition) is 1. The number of phenols is 1. The van der Waals surface area contributed by atoms with Gasteiger partial charge in [-0.15, -0.1) is 0 Å². The SMILES string of the molecule is CCC(=O)OC1C2CCCC1(c1cccc(O)c1)CCN2CCc1ccccc1. The van der Waals surface area contributed by atoms with Crippen LogP contribution >= 0.6 is 0 Å². The van der Waals surface area contributed by atoms with Crippen molar-refractivity contribution in [3.05, 3.63) is 65.7 Å². The average Bonchev–Trinajstić information content (AvgIpc) is 2.74. The van der Waals surface area contributed by atoms with Crippen molar-refractivity contribution < 1.29 is 14.6 Å². The van der Waals surface area contributed by atoms with Gasteiger partial charge in [0.05, 0.1) is 0 Å². The third kappa shape index (κ3) is 4.04. The van der Waals surface area contributed by atoms with E-state index < -0.39 is 0 Å². The highest BCUT2D eigenvalue weighted by Gasteiger charge is 2.53. The molecule has 0 aromatic heterocycles. The fourth-order valence-corrected chi connectivity index (χ4v) is 5.32. The molecule has 1 N–H and O–H groups in total. The fourth-order valence-electron chi connectivity index (χ4n) is 5.32. The van der Waals surface area contributed by atoms with E-state index in [0.717, 1.165) is 50.8 Å². The number of aromatic hydroxyl groups is 1. The van der Waals surface area contributed by atoms with Crippen LogP contribution in [0.5, 0.6) is 5.75 Å². The summed E-state index contributed by atoms with van der Waals surface area (Å²) in [5.41, 5.74) is 2.25. The van der Waals surface area contributed by atoms with Crippen molar-refractivity contribution in [2.45, 2.75) is 63.0 Å². The molecule has 1 saturated heterocycles. The van der Waals surface area contributed by atoms with Crippen molar-refractivity contribution >= 4 is 5.97 Å². The number of phenolic OH excluding ortho intramolecular Hbond substituents is 1. The standard InChI is InChI=1S/C25H31NO3/c1-2-23(28)29-24-22-12-7-14-25(24,20-10-6-11-21(27)18-20)15-17-26(22)16-13-19-8-4-3-5-9-19/h3-6,8-11,18,22,24,27H,2,7,12-17H2,1H3. The summed E-state index contributed by atoms with van der Waals surface area (Å²) in [6.07, 6.45) is 5.35. The molecule has 4 rings (SSSR count). The summed E-state index contributed by atoms with van der Waals surface area (Å²) in [5.74, 6) is 0.155. The van der Waals surface area contributed by atoms with Gasteiger partial charge in [0.25, 0.3) is 0 Å². The average molecular weight is 394 g/mol. The van der Waals surface area contributed by atoms with E-state index in [1.54, 1.807) is 6.07 Å². The lowest BCUT2D eigenvalue weighted by atomic mass is 9.61. The Morgan fingerprint density at radius 1 is 1.17 bits per heavy atom. The lowest BCUT2D eigenvalue weighted by molar-refractivity contribution is -0.167. The second kappa shape index (κ2) is 8.58. The molecule has 2 aliphatic rings. The van der Waals surface area contributed by atoms with Gasteiger partial charge in [-0.25, -0.2) is 0 Å². The predicted octanol–water partition coefficient (Wildman–Crippen LogP) is 4.45. The number of hydrogen-bond acceptors (Lipinski definition) is 4. The van der Waals surface area contributed by atoms with E-state index in [-0.39, 0.29) is 29.3 Å². The van der Waals surface area contributed by atoms with Crippen LogP contribution in [0.25, 0.3) is 0 Å². The number of carbonyl (C=O) groups excluding carboxylic acids is 1. The van der Waals surface area contributed by atoms with Crippen LogP contribution in [-0.4, -0.2) is 41.2 Å². The second-order valence-electron chi connectivity index (χ2n) is 8.45. The van der Waals surface area contributed by atoms with Gasteiger partial charge in [0, 0.05) is 24.4 Å². The highest BCUT2D eigenvalue weighted by molar-refractivity contribution is 5.69. The normalized spacial score (nSPS) is 26.8. The van der Waals surface area contributed by atoms with Gasteiger partial charge in [-0.3, -0.25) is 9.69 Å². The van der Waals surface area contributed by atoms with Crippen molar-refractivity contribution in [2.75, 3.05) is 13.1 Å². The minimum Gasteiger partial charge on any atom is -0.508 e. The lowest BCUT2D eigenvalue weighted by Crippen LogP contribution is -2.63. The number of carbonyl (C=O) groups is 1. The molecule has 1 saturated carbocycles. The predicted molar refractivity (Wildman–Crippen MR) is 114 cm³/mol. The van der Waals surface area contributed by atoms with Crippen LogP contribution in [-0.2, 0) is 21.4 Å². The third-order valence-electron chi connectivity index (χ3n) is 6.83. The molecule has 4 heteroatoms. The Bertz CT molecular complexity index is 837. The monoisotopic (exact) mass is 393 g/mol. The number of rotatable bonds is 6. The highest BCUT2D eigenvalue weighted by atomic mass is 16.5. The van der Waals surface area contributed by atoms with Crippen LogP contribution in [0, 0.1) is 0 Å². The van der Waals surface area contributed by atoms with E-state index in [0.29, 0.717) is 6.42 Å². The summed E-state index contributed by atoms with van der Waals surface area (Å²) >= 11 is 0. The summed E-state index contributed by atoms with van der Waals surface area (Å²) in [4.78, 5) is 14.9. The van der Waals surface area contributed by atoms with Crippen molar-refractivity contribution in [1.29, 1.82) is 0 Å². The van der Waals surface area contributed by atoms with Crippen molar-refractivity contribution in [2.24, 2.45) is 0 Å². The molecule has 2 fully saturated rings. The molecule has 1 aliphatic heterocycles. The Morgan fingerprint density at radius 2 is 2.00 bits per heavy atom. The van der Waals surface area contributed by atoms with Crippen LogP contribution in [0.4, 0.5) is 0 Å². The van der Waals surface area contributed by atoms with Gasteiger partial charge in [-0.05, 0) is 55.5 Å². The van der Waals surface area contributed by atoms with Gasteiger partial charge in [0.2, 0.25) is 0 Å². The van der Waals surface area contributed by atoms with Gasteiger partial charge >= 0.3 is 5.97 Å². The van der Waals surface area contributed by atoms with Gasteiger partial charge in [0.15, 0.2) is 0 Å². The third-order valence-corrected chi connectivity index (χ3v) is 6.83. The van der Waals surface area contributed by atoms with E-state index in [2.05, 4.69) is 41.3 Å². The van der Waals surface area contributed by atoms with Crippen LogP contribution in [0.2, 0.25) is 0 Å². The fraction of sp³-hybridized carbons (Fsp3) is 0.480. The number of piperidine rings is 1. The van der Waals surface area contributed by atoms with Crippen molar-refractivity contribution in [3.8, 4) is 5.75 Å². The first-order valence-electron chi connectivity index (χ1n) is 10.9. The molecule has 29 heavy (non-hydrogen) atoms. The summed E-state index contributed by atoms with van der Waals surface area (Å²) in [6.45, 7) is 3.83. The maximum Gasteiger partial charge on any atom is 0.305 e. The minimum atomic E-state index is -0.199. The zero-order valence-electron chi connectivity index (χ0n) is 17.2. The number of fused-ring (bicyclic) bond motifs is 2. The summed E-state index contributed by atoms with van der Waals surface area (Å²) in [6, 6.07) is 18.4. The second-order valence-corrected chi connectivity index (χ2v) is 8.45. The number of esters is 1. The van der Waals surface area contributed by atoms with Crippen LogP contribution < -0.4 is 0 Å². The molecule has 3 atom stereocenters. The number of likely N-dealkylation sites (tertiary alicyclic amines) is 1. The number of ether oxygens (including phenoxy) is 1. The molecule has 2 aromatic rings. The Kier molecular flexibility index (Phi) is 5.91. The molecule has 4 nitrogen and oxygen atoms in total. The van der Waals surface area contributed by atoms with Crippen molar-refractivity contribution in [3.63, 3.8) is 0 Å². The Hall–Kier alpha value is -2.33. The van der Waals surface area contributed by atoms with Gasteiger partial charge in [-0.1, -0.05) is 55.8 Å². The van der Waals surface area contributed by atoms with E-state index in [4.69, 9.17) is 4.74 Å². The molecule has 0 spiro atoms. The minimum absolute atomic E-state index is 0.128. The van der Waals surface area contributed by atoms with Crippen molar-refractivity contribution in [1.82, 2.24) is 4.90 Å². The number of benzene rings is 2. The molecule has 1 aliphatic carbocycles. The Balaban J connectivity index is 1.61. The van der Waals surface area contributed by atoms with E-state index >= 15 is 0 Å². The largest absolute Gasteiger partial charge is 0.508 e. The molecule has 2 aromatic carbocycles. The molecule has 0 radical (unpaired) electrons. The molecule has 3 unspecified atom stereocenters. The summed E-state index contributed by atoms with van der Waals surface area (Å²) in [5, 5.41) is 10.1. The highest BCUT2D eigenvalue weighted by Crippen LogP contribution is 2.49. The Labute approximate surface area is 173 Å². The molecule has 1 heterocycles. The summed E-state index contributed by atoms with van der Waals surface area (Å²) < 4.78 is 6.13. The van der Waals surface area contributed by atoms with Gasteiger partial charge in [-0.2, -0.15) is 0 Å². The van der Waals surface area contributed by atoms with E-state index in [1.165, 1.54) is 5.56 Å². The van der Waals surface area contributed by atoms with E-state index in [9.17, 15) is 9.90 Å². The molecular weight excluding hydrogens is 362 g/mol. The first-order chi connectivity index (χ1) is 14.1. The quantitative estimate of drug-likeness (QED) is 0.737.